The molecule has 2 aromatic carbocycles. The smallest absolute Gasteiger partial charge is 0.0608 e. The third-order valence-electron chi connectivity index (χ3n) is 2.92. The van der Waals surface area contributed by atoms with Crippen LogP contribution in [0.1, 0.15) is 30.4 Å². The lowest BCUT2D eigenvalue weighted by molar-refractivity contribution is 0.624. The van der Waals surface area contributed by atoms with E-state index in [1.54, 1.807) is 0 Å². The van der Waals surface area contributed by atoms with Gasteiger partial charge in [0.05, 0.1) is 5.38 Å². The molecule has 2 rings (SSSR count). The second-order valence-electron chi connectivity index (χ2n) is 4.76. The van der Waals surface area contributed by atoms with E-state index >= 15 is 0 Å². The number of alkyl halides is 1. The molecule has 0 radical (unpaired) electrons. The normalized spacial score (nSPS) is 13.3. The van der Waals surface area contributed by atoms with Gasteiger partial charge in [0.25, 0.3) is 0 Å². The van der Waals surface area contributed by atoms with Gasteiger partial charge < -0.3 is 0 Å². The Balaban J connectivity index is 2.48. The predicted molar refractivity (Wildman–Crippen MR) is 72.1 cm³/mol. The Hall–Kier alpha value is -1.01. The minimum absolute atomic E-state index is 0.103. The molecule has 84 valence electrons. The van der Waals surface area contributed by atoms with Crippen molar-refractivity contribution < 1.29 is 0 Å². The Bertz CT molecular complexity index is 500. The minimum Gasteiger partial charge on any atom is -0.118 e. The quantitative estimate of drug-likeness (QED) is 0.633. The summed E-state index contributed by atoms with van der Waals surface area (Å²) in [6, 6.07) is 13.0. The predicted octanol–water partition coefficient (Wildman–Crippen LogP) is 5.08. The zero-order valence-electron chi connectivity index (χ0n) is 10.00. The average molecular weight is 233 g/mol. The highest BCUT2D eigenvalue weighted by molar-refractivity contribution is 6.21. The first-order valence-corrected chi connectivity index (χ1v) is 6.16. The van der Waals surface area contributed by atoms with E-state index in [-0.39, 0.29) is 5.38 Å². The zero-order valence-corrected chi connectivity index (χ0v) is 10.8. The molecule has 0 spiro atoms. The fourth-order valence-corrected chi connectivity index (χ4v) is 2.08. The Morgan fingerprint density at radius 1 is 0.938 bits per heavy atom. The van der Waals surface area contributed by atoms with E-state index < -0.39 is 0 Å². The molecule has 0 aliphatic rings. The molecule has 1 atom stereocenters. The van der Waals surface area contributed by atoms with Gasteiger partial charge in [-0.15, -0.1) is 11.6 Å². The summed E-state index contributed by atoms with van der Waals surface area (Å²) in [6.07, 6.45) is 0. The summed E-state index contributed by atoms with van der Waals surface area (Å²) >= 11 is 6.37. The lowest BCUT2D eigenvalue weighted by Crippen LogP contribution is -1.98. The van der Waals surface area contributed by atoms with Crippen LogP contribution in [0.15, 0.2) is 36.4 Å². The van der Waals surface area contributed by atoms with Crippen LogP contribution in [0.5, 0.6) is 0 Å². The number of hydrogen-bond acceptors (Lipinski definition) is 0. The van der Waals surface area contributed by atoms with Crippen molar-refractivity contribution in [1.82, 2.24) is 0 Å². The minimum atomic E-state index is 0.103. The number of hydrogen-bond donors (Lipinski definition) is 0. The molecular formula is C15H17Cl. The number of halogens is 1. The Kier molecular flexibility index (Phi) is 3.20. The molecular weight excluding hydrogens is 216 g/mol. The van der Waals surface area contributed by atoms with Gasteiger partial charge in [0, 0.05) is 0 Å². The standard InChI is InChI=1S/C15H17Cl/c1-10(2)15(16)14-7-6-12-8-11(3)4-5-13(12)9-14/h4-10,15H,1-3H3. The molecule has 0 fully saturated rings. The summed E-state index contributed by atoms with van der Waals surface area (Å²) in [7, 11) is 0. The van der Waals surface area contributed by atoms with E-state index in [1.165, 1.54) is 21.9 Å². The first-order valence-electron chi connectivity index (χ1n) is 5.72. The molecule has 1 heteroatoms. The molecule has 0 aliphatic carbocycles. The van der Waals surface area contributed by atoms with Crippen molar-refractivity contribution >= 4 is 22.4 Å². The van der Waals surface area contributed by atoms with Crippen LogP contribution >= 0.6 is 11.6 Å². The molecule has 0 N–H and O–H groups in total. The molecule has 0 saturated heterocycles. The van der Waals surface area contributed by atoms with Crippen molar-refractivity contribution in [2.75, 3.05) is 0 Å². The van der Waals surface area contributed by atoms with Gasteiger partial charge in [-0.2, -0.15) is 0 Å². The van der Waals surface area contributed by atoms with Crippen LogP contribution in [0.4, 0.5) is 0 Å². The molecule has 0 amide bonds. The maximum Gasteiger partial charge on any atom is 0.0608 e. The lowest BCUT2D eigenvalue weighted by Gasteiger charge is -2.14. The second-order valence-corrected chi connectivity index (χ2v) is 5.23. The molecule has 0 aliphatic heterocycles. The van der Waals surface area contributed by atoms with Gasteiger partial charge in [-0.05, 0) is 35.2 Å². The third-order valence-corrected chi connectivity index (χ3v) is 3.68. The third kappa shape index (κ3) is 2.22. The van der Waals surface area contributed by atoms with E-state index in [1.807, 2.05) is 0 Å². The van der Waals surface area contributed by atoms with Crippen molar-refractivity contribution in [3.8, 4) is 0 Å². The van der Waals surface area contributed by atoms with Crippen molar-refractivity contribution in [1.29, 1.82) is 0 Å². The van der Waals surface area contributed by atoms with Gasteiger partial charge in [-0.3, -0.25) is 0 Å². The molecule has 1 unspecified atom stereocenters. The van der Waals surface area contributed by atoms with Crippen LogP contribution in [-0.4, -0.2) is 0 Å². The van der Waals surface area contributed by atoms with Gasteiger partial charge in [0.15, 0.2) is 0 Å². The summed E-state index contributed by atoms with van der Waals surface area (Å²) in [5.41, 5.74) is 2.51. The number of aryl methyl sites for hydroxylation is 1. The van der Waals surface area contributed by atoms with E-state index in [0.29, 0.717) is 5.92 Å². The SMILES string of the molecule is Cc1ccc2cc(C(Cl)C(C)C)ccc2c1. The van der Waals surface area contributed by atoms with E-state index in [4.69, 9.17) is 11.6 Å². The Labute approximate surface area is 102 Å². The summed E-state index contributed by atoms with van der Waals surface area (Å²) in [5.74, 6) is 0.463. The molecule has 0 aromatic heterocycles. The molecule has 0 saturated carbocycles. The lowest BCUT2D eigenvalue weighted by atomic mass is 9.98. The summed E-state index contributed by atoms with van der Waals surface area (Å²) in [5, 5.41) is 2.66. The summed E-state index contributed by atoms with van der Waals surface area (Å²) in [4.78, 5) is 0. The van der Waals surface area contributed by atoms with Crippen molar-refractivity contribution in [3.63, 3.8) is 0 Å². The van der Waals surface area contributed by atoms with Crippen LogP contribution in [0.3, 0.4) is 0 Å². The van der Waals surface area contributed by atoms with Crippen LogP contribution in [0, 0.1) is 12.8 Å². The van der Waals surface area contributed by atoms with Gasteiger partial charge in [0.2, 0.25) is 0 Å². The maximum atomic E-state index is 6.37. The number of benzene rings is 2. The van der Waals surface area contributed by atoms with E-state index in [9.17, 15) is 0 Å². The molecule has 0 heterocycles. The fraction of sp³-hybridized carbons (Fsp3) is 0.333. The maximum absolute atomic E-state index is 6.37. The fourth-order valence-electron chi connectivity index (χ4n) is 1.94. The Morgan fingerprint density at radius 3 is 2.25 bits per heavy atom. The average Bonchev–Trinajstić information content (AvgIpc) is 2.27. The van der Waals surface area contributed by atoms with E-state index in [2.05, 4.69) is 57.2 Å². The van der Waals surface area contributed by atoms with Crippen molar-refractivity contribution in [2.45, 2.75) is 26.1 Å². The van der Waals surface area contributed by atoms with Crippen LogP contribution in [0.2, 0.25) is 0 Å². The number of rotatable bonds is 2. The van der Waals surface area contributed by atoms with Gasteiger partial charge in [-0.25, -0.2) is 0 Å². The highest BCUT2D eigenvalue weighted by Crippen LogP contribution is 2.30. The molecule has 2 aromatic rings. The zero-order chi connectivity index (χ0) is 11.7. The first-order chi connectivity index (χ1) is 7.58. The Morgan fingerprint density at radius 2 is 1.56 bits per heavy atom. The summed E-state index contributed by atoms with van der Waals surface area (Å²) < 4.78 is 0. The number of fused-ring (bicyclic) bond motifs is 1. The van der Waals surface area contributed by atoms with Gasteiger partial charge in [0.1, 0.15) is 0 Å². The van der Waals surface area contributed by atoms with Crippen LogP contribution in [-0.2, 0) is 0 Å². The highest BCUT2D eigenvalue weighted by atomic mass is 35.5. The van der Waals surface area contributed by atoms with Crippen molar-refractivity contribution in [2.24, 2.45) is 5.92 Å². The summed E-state index contributed by atoms with van der Waals surface area (Å²) in [6.45, 7) is 6.42. The first kappa shape index (κ1) is 11.5. The van der Waals surface area contributed by atoms with Crippen LogP contribution < -0.4 is 0 Å². The van der Waals surface area contributed by atoms with Gasteiger partial charge >= 0.3 is 0 Å². The van der Waals surface area contributed by atoms with Crippen molar-refractivity contribution in [3.05, 3.63) is 47.5 Å². The largest absolute Gasteiger partial charge is 0.118 e. The molecule has 0 nitrogen and oxygen atoms in total. The molecule has 16 heavy (non-hydrogen) atoms. The topological polar surface area (TPSA) is 0 Å². The van der Waals surface area contributed by atoms with Crippen LogP contribution in [0.25, 0.3) is 10.8 Å². The highest BCUT2D eigenvalue weighted by Gasteiger charge is 2.12. The second kappa shape index (κ2) is 4.47. The monoisotopic (exact) mass is 232 g/mol. The van der Waals surface area contributed by atoms with E-state index in [0.717, 1.165) is 0 Å². The molecule has 0 bridgehead atoms. The van der Waals surface area contributed by atoms with Gasteiger partial charge in [-0.1, -0.05) is 49.7 Å².